The van der Waals surface area contributed by atoms with Gasteiger partial charge >= 0.3 is 0 Å². The van der Waals surface area contributed by atoms with Crippen LogP contribution in [0, 0.1) is 11.3 Å². The van der Waals surface area contributed by atoms with Gasteiger partial charge in [0.05, 0.1) is 5.56 Å². The van der Waals surface area contributed by atoms with Gasteiger partial charge in [-0.25, -0.2) is 4.98 Å². The van der Waals surface area contributed by atoms with Gasteiger partial charge in [-0.15, -0.1) is 0 Å². The first kappa shape index (κ1) is 12.8. The number of pyridine rings is 1. The van der Waals surface area contributed by atoms with E-state index in [1.165, 1.54) is 25.7 Å². The van der Waals surface area contributed by atoms with Gasteiger partial charge in [-0.3, -0.25) is 0 Å². The topological polar surface area (TPSA) is 52.0 Å². The molecule has 0 atom stereocenters. The van der Waals surface area contributed by atoms with Gasteiger partial charge in [0.1, 0.15) is 11.9 Å². The first-order chi connectivity index (χ1) is 8.79. The van der Waals surface area contributed by atoms with Crippen LogP contribution in [0.5, 0.6) is 0 Å². The summed E-state index contributed by atoms with van der Waals surface area (Å²) in [6.07, 6.45) is 7.03. The zero-order chi connectivity index (χ0) is 12.8. The van der Waals surface area contributed by atoms with Crippen molar-refractivity contribution in [3.63, 3.8) is 0 Å². The smallest absolute Gasteiger partial charge is 0.126 e. The zero-order valence-electron chi connectivity index (χ0n) is 10.9. The van der Waals surface area contributed by atoms with Crippen molar-refractivity contribution in [1.29, 1.82) is 5.26 Å². The lowest BCUT2D eigenvalue weighted by Crippen LogP contribution is -2.33. The van der Waals surface area contributed by atoms with Crippen LogP contribution in [0.4, 0.5) is 5.82 Å². The molecule has 1 N–H and O–H groups in total. The zero-order valence-corrected chi connectivity index (χ0v) is 10.9. The van der Waals surface area contributed by atoms with Crippen LogP contribution in [0.25, 0.3) is 0 Å². The summed E-state index contributed by atoms with van der Waals surface area (Å²) in [5, 5.41) is 12.0. The van der Waals surface area contributed by atoms with Gasteiger partial charge in [0.15, 0.2) is 0 Å². The molecule has 2 rings (SSSR count). The van der Waals surface area contributed by atoms with E-state index in [-0.39, 0.29) is 0 Å². The highest BCUT2D eigenvalue weighted by Gasteiger charge is 2.18. The summed E-state index contributed by atoms with van der Waals surface area (Å²) in [6, 6.07) is 6.47. The van der Waals surface area contributed by atoms with E-state index in [0.29, 0.717) is 5.56 Å². The standard InChI is InChI=1S/C14H20N4/c1-18(13-4-2-3-5-13)9-8-16-14-7-6-12(10-15)11-17-14/h6-7,11,13H,2-5,8-9H2,1H3,(H,16,17). The highest BCUT2D eigenvalue weighted by atomic mass is 15.1. The molecule has 0 bridgehead atoms. The first-order valence-corrected chi connectivity index (χ1v) is 6.60. The molecule has 0 radical (unpaired) electrons. The predicted molar refractivity (Wildman–Crippen MR) is 72.3 cm³/mol. The molecule has 1 aromatic heterocycles. The second-order valence-electron chi connectivity index (χ2n) is 4.89. The maximum atomic E-state index is 8.68. The van der Waals surface area contributed by atoms with E-state index in [1.807, 2.05) is 6.07 Å². The fourth-order valence-electron chi connectivity index (χ4n) is 2.45. The third-order valence-electron chi connectivity index (χ3n) is 3.61. The van der Waals surface area contributed by atoms with E-state index in [1.54, 1.807) is 12.3 Å². The Morgan fingerprint density at radius 3 is 2.83 bits per heavy atom. The van der Waals surface area contributed by atoms with Crippen molar-refractivity contribution >= 4 is 5.82 Å². The van der Waals surface area contributed by atoms with Crippen molar-refractivity contribution in [2.24, 2.45) is 0 Å². The minimum atomic E-state index is 0.601. The third kappa shape index (κ3) is 3.44. The molecule has 0 unspecified atom stereocenters. The van der Waals surface area contributed by atoms with Gasteiger partial charge in [0.25, 0.3) is 0 Å². The van der Waals surface area contributed by atoms with E-state index in [9.17, 15) is 0 Å². The molecule has 0 aliphatic heterocycles. The minimum Gasteiger partial charge on any atom is -0.369 e. The summed E-state index contributed by atoms with van der Waals surface area (Å²) >= 11 is 0. The number of nitrogens with zero attached hydrogens (tertiary/aromatic N) is 3. The van der Waals surface area contributed by atoms with Crippen molar-refractivity contribution in [2.45, 2.75) is 31.7 Å². The van der Waals surface area contributed by atoms with Crippen LogP contribution in [0.1, 0.15) is 31.2 Å². The molecule has 1 aliphatic carbocycles. The number of hydrogen-bond acceptors (Lipinski definition) is 4. The Morgan fingerprint density at radius 2 is 2.22 bits per heavy atom. The molecule has 1 aliphatic rings. The Bertz CT molecular complexity index is 401. The van der Waals surface area contributed by atoms with Crippen LogP contribution in [0.2, 0.25) is 0 Å². The van der Waals surface area contributed by atoms with E-state index in [0.717, 1.165) is 24.9 Å². The number of nitrogens with one attached hydrogen (secondary N) is 1. The monoisotopic (exact) mass is 244 g/mol. The second-order valence-corrected chi connectivity index (χ2v) is 4.89. The minimum absolute atomic E-state index is 0.601. The number of nitriles is 1. The SMILES string of the molecule is CN(CCNc1ccc(C#N)cn1)C1CCCC1. The fraction of sp³-hybridized carbons (Fsp3) is 0.571. The molecule has 96 valence electrons. The fourth-order valence-corrected chi connectivity index (χ4v) is 2.45. The number of hydrogen-bond donors (Lipinski definition) is 1. The van der Waals surface area contributed by atoms with Gasteiger partial charge in [-0.2, -0.15) is 5.26 Å². The third-order valence-corrected chi connectivity index (χ3v) is 3.61. The molecular weight excluding hydrogens is 224 g/mol. The summed E-state index contributed by atoms with van der Waals surface area (Å²) in [7, 11) is 2.20. The Hall–Kier alpha value is -1.60. The molecule has 0 saturated heterocycles. The lowest BCUT2D eigenvalue weighted by molar-refractivity contribution is 0.254. The average Bonchev–Trinajstić information content (AvgIpc) is 2.93. The number of rotatable bonds is 5. The Morgan fingerprint density at radius 1 is 1.44 bits per heavy atom. The maximum absolute atomic E-state index is 8.68. The Labute approximate surface area is 109 Å². The van der Waals surface area contributed by atoms with Crippen molar-refractivity contribution in [3.05, 3.63) is 23.9 Å². The van der Waals surface area contributed by atoms with Gasteiger partial charge in [0.2, 0.25) is 0 Å². The lowest BCUT2D eigenvalue weighted by atomic mass is 10.2. The van der Waals surface area contributed by atoms with E-state index in [4.69, 9.17) is 5.26 Å². The normalized spacial score (nSPS) is 15.8. The van der Waals surface area contributed by atoms with Crippen LogP contribution in [-0.2, 0) is 0 Å². The van der Waals surface area contributed by atoms with Crippen LogP contribution in [-0.4, -0.2) is 36.1 Å². The summed E-state index contributed by atoms with van der Waals surface area (Å²) in [6.45, 7) is 1.93. The summed E-state index contributed by atoms with van der Waals surface area (Å²) in [4.78, 5) is 6.63. The quantitative estimate of drug-likeness (QED) is 0.863. The molecule has 0 spiro atoms. The van der Waals surface area contributed by atoms with Crippen LogP contribution in [0.15, 0.2) is 18.3 Å². The number of anilines is 1. The highest BCUT2D eigenvalue weighted by Crippen LogP contribution is 2.21. The Kier molecular flexibility index (Phi) is 4.54. The van der Waals surface area contributed by atoms with Gasteiger partial charge in [-0.1, -0.05) is 12.8 Å². The molecule has 0 amide bonds. The highest BCUT2D eigenvalue weighted by molar-refractivity contribution is 5.38. The van der Waals surface area contributed by atoms with Gasteiger partial charge in [0, 0.05) is 25.3 Å². The average molecular weight is 244 g/mol. The second kappa shape index (κ2) is 6.36. The number of likely N-dealkylation sites (N-methyl/N-ethyl adjacent to an activating group) is 1. The van der Waals surface area contributed by atoms with Crippen molar-refractivity contribution in [1.82, 2.24) is 9.88 Å². The van der Waals surface area contributed by atoms with Crippen LogP contribution in [0.3, 0.4) is 0 Å². The molecular formula is C14H20N4. The molecule has 1 heterocycles. The van der Waals surface area contributed by atoms with Gasteiger partial charge < -0.3 is 10.2 Å². The van der Waals surface area contributed by atoms with Crippen molar-refractivity contribution in [3.8, 4) is 6.07 Å². The first-order valence-electron chi connectivity index (χ1n) is 6.60. The van der Waals surface area contributed by atoms with Crippen LogP contribution < -0.4 is 5.32 Å². The summed E-state index contributed by atoms with van der Waals surface area (Å²) in [5.41, 5.74) is 0.601. The molecule has 1 saturated carbocycles. The number of aromatic nitrogens is 1. The van der Waals surface area contributed by atoms with Crippen molar-refractivity contribution < 1.29 is 0 Å². The predicted octanol–water partition coefficient (Wildman–Crippen LogP) is 2.24. The van der Waals surface area contributed by atoms with Crippen LogP contribution >= 0.6 is 0 Å². The molecule has 18 heavy (non-hydrogen) atoms. The van der Waals surface area contributed by atoms with Gasteiger partial charge in [-0.05, 0) is 32.0 Å². The summed E-state index contributed by atoms with van der Waals surface area (Å²) in [5.74, 6) is 0.842. The van der Waals surface area contributed by atoms with E-state index < -0.39 is 0 Å². The molecule has 4 heteroatoms. The largest absolute Gasteiger partial charge is 0.369 e. The lowest BCUT2D eigenvalue weighted by Gasteiger charge is -2.24. The molecule has 1 aromatic rings. The van der Waals surface area contributed by atoms with E-state index >= 15 is 0 Å². The Balaban J connectivity index is 1.72. The van der Waals surface area contributed by atoms with E-state index in [2.05, 4.69) is 28.3 Å². The summed E-state index contributed by atoms with van der Waals surface area (Å²) < 4.78 is 0. The van der Waals surface area contributed by atoms with Crippen molar-refractivity contribution in [2.75, 3.05) is 25.5 Å². The maximum Gasteiger partial charge on any atom is 0.126 e. The molecule has 1 fully saturated rings. The molecule has 4 nitrogen and oxygen atoms in total. The molecule has 0 aromatic carbocycles.